The average molecular weight is 1230 g/mol. The number of likely N-dealkylation sites (tertiary alicyclic amines) is 1. The number of piperidine rings is 1. The molecule has 6 aliphatic rings. The van der Waals surface area contributed by atoms with Crippen LogP contribution in [0.3, 0.4) is 0 Å². The number of aliphatic hydroxyl groups is 1. The van der Waals surface area contributed by atoms with Gasteiger partial charge in [0.1, 0.15) is 59.5 Å². The van der Waals surface area contributed by atoms with Crippen LogP contribution in [0.2, 0.25) is 5.02 Å². The Morgan fingerprint density at radius 2 is 1.82 bits per heavy atom. The molecule has 4 N–H and O–H groups in total. The number of nitrogens with one attached hydrogen (secondary N) is 1. The number of hydrogen-bond donors (Lipinski definition) is 3. The molecule has 2 amide bonds. The molecule has 0 saturated carbocycles. The lowest BCUT2D eigenvalue weighted by Gasteiger charge is -2.41. The zero-order valence-corrected chi connectivity index (χ0v) is 49.4. The van der Waals surface area contributed by atoms with Crippen LogP contribution in [-0.2, 0) is 44.4 Å². The number of amides is 2. The lowest BCUT2D eigenvalue weighted by Crippen LogP contribution is -2.54. The Balaban J connectivity index is 0.748. The summed E-state index contributed by atoms with van der Waals surface area (Å²) in [7, 11) is 0. The highest BCUT2D eigenvalue weighted by atomic mass is 35.5. The van der Waals surface area contributed by atoms with Crippen molar-refractivity contribution in [3.8, 4) is 34.6 Å². The van der Waals surface area contributed by atoms with Gasteiger partial charge in [-0.15, -0.1) is 11.3 Å². The molecule has 25 heteroatoms. The number of aromatic nitrogens is 4. The summed E-state index contributed by atoms with van der Waals surface area (Å²) < 4.78 is 82.9. The number of halogens is 5. The highest BCUT2D eigenvalue weighted by Gasteiger charge is 2.50. The minimum atomic E-state index is -2.04. The number of nitrogens with zero attached hydrogens (tertiary/aromatic N) is 9. The van der Waals surface area contributed by atoms with E-state index >= 15 is 13.2 Å². The number of carbonyl (C=O) groups excluding carboxylic acids is 3. The van der Waals surface area contributed by atoms with Gasteiger partial charge in [0.2, 0.25) is 0 Å². The second kappa shape index (κ2) is 22.0. The maximum atomic E-state index is 17.6. The predicted octanol–water partition coefficient (Wildman–Crippen LogP) is 9.60. The van der Waals surface area contributed by atoms with E-state index in [2.05, 4.69) is 26.7 Å². The number of ether oxygens (including phenoxy) is 3. The molecule has 19 nitrogen and oxygen atoms in total. The lowest BCUT2D eigenvalue weighted by molar-refractivity contribution is -0.172. The van der Waals surface area contributed by atoms with Crippen LogP contribution in [0.5, 0.6) is 6.01 Å². The maximum absolute atomic E-state index is 17.6. The third-order valence-electron chi connectivity index (χ3n) is 18.5. The van der Waals surface area contributed by atoms with Gasteiger partial charge >= 0.3 is 18.1 Å². The topological polar surface area (TPSA) is 235 Å². The number of cyclic esters (lactones) is 1. The van der Waals surface area contributed by atoms with Gasteiger partial charge < -0.3 is 39.4 Å². The molecule has 3 aromatic carbocycles. The number of esters is 1. The number of thiophene rings is 1. The maximum Gasteiger partial charge on any atom is 0.412 e. The second-order valence-corrected chi connectivity index (χ2v) is 25.0. The van der Waals surface area contributed by atoms with Crippen molar-refractivity contribution in [2.45, 2.75) is 115 Å². The van der Waals surface area contributed by atoms with E-state index in [1.807, 2.05) is 17.9 Å². The minimum Gasteiger partial charge on any atom is -0.461 e. The Morgan fingerprint density at radius 3 is 2.57 bits per heavy atom. The first-order valence-corrected chi connectivity index (χ1v) is 30.3. The molecule has 87 heavy (non-hydrogen) atoms. The van der Waals surface area contributed by atoms with Gasteiger partial charge in [0.25, 0.3) is 11.5 Å². The summed E-state index contributed by atoms with van der Waals surface area (Å²) in [4.78, 5) is 77.1. The van der Waals surface area contributed by atoms with Crippen molar-refractivity contribution >= 4 is 89.3 Å². The summed E-state index contributed by atoms with van der Waals surface area (Å²) in [5.74, 6) is -3.54. The summed E-state index contributed by atoms with van der Waals surface area (Å²) in [6.45, 7) is 12.1. The Labute approximate surface area is 504 Å². The van der Waals surface area contributed by atoms with Crippen LogP contribution >= 0.6 is 22.9 Å². The summed E-state index contributed by atoms with van der Waals surface area (Å²) in [6.07, 6.45) is 1.46. The number of nitrogen functional groups attached to an aromatic ring is 1. The largest absolute Gasteiger partial charge is 0.461 e. The molecule has 4 unspecified atom stereocenters. The SMILES string of the molecule is C=C(C(=O)N1CCN(c2nc(OCC34CCCN3C[C@H](F)C4)nc3c(F)c(-c4ccc(F)c5sc(N)c(C#N)c45)c(Cl)cc23)C(C)C1)C(C)OC(=O)Nc1cc2c(CN3CCCCC3)c3c(nc2cc1F)-c1cc2c(c(=O)n1C3)COC(=O)C2(O)CC. The van der Waals surface area contributed by atoms with E-state index in [4.69, 9.17) is 41.5 Å². The number of nitrogens with two attached hydrogens (primary N) is 1. The van der Waals surface area contributed by atoms with E-state index in [0.29, 0.717) is 41.8 Å². The van der Waals surface area contributed by atoms with Crippen LogP contribution in [0.1, 0.15) is 93.5 Å². The molecule has 6 aliphatic heterocycles. The van der Waals surface area contributed by atoms with Gasteiger partial charge in [0.15, 0.2) is 11.4 Å². The van der Waals surface area contributed by atoms with Crippen molar-refractivity contribution in [1.82, 2.24) is 34.2 Å². The van der Waals surface area contributed by atoms with E-state index in [0.717, 1.165) is 61.7 Å². The van der Waals surface area contributed by atoms with Gasteiger partial charge in [0, 0.05) is 84.1 Å². The fraction of sp³-hybridized carbons (Fsp3) is 0.419. The number of fused-ring (bicyclic) bond motifs is 8. The second-order valence-electron chi connectivity index (χ2n) is 23.6. The normalized spacial score (nSPS) is 22.2. The van der Waals surface area contributed by atoms with E-state index in [9.17, 15) is 33.9 Å². The highest BCUT2D eigenvalue weighted by Crippen LogP contribution is 2.48. The fourth-order valence-electron chi connectivity index (χ4n) is 13.9. The molecule has 4 saturated heterocycles. The van der Waals surface area contributed by atoms with Gasteiger partial charge in [-0.2, -0.15) is 15.2 Å². The molecule has 0 aliphatic carbocycles. The molecule has 0 bridgehead atoms. The monoisotopic (exact) mass is 1230 g/mol. The Hall–Kier alpha value is -7.95. The summed E-state index contributed by atoms with van der Waals surface area (Å²) in [6, 6.07) is 9.58. The van der Waals surface area contributed by atoms with Crippen LogP contribution < -0.4 is 26.2 Å². The molecule has 7 aromatic rings. The van der Waals surface area contributed by atoms with Crippen LogP contribution in [0.25, 0.3) is 54.4 Å². The van der Waals surface area contributed by atoms with Gasteiger partial charge in [0.05, 0.1) is 61.1 Å². The molecule has 5 atom stereocenters. The quantitative estimate of drug-likeness (QED) is 0.0587. The third kappa shape index (κ3) is 9.67. The molecule has 4 aromatic heterocycles. The van der Waals surface area contributed by atoms with Crippen molar-refractivity contribution in [3.63, 3.8) is 0 Å². The molecule has 13 rings (SSSR count). The molecule has 0 radical (unpaired) electrons. The Bertz CT molecular complexity index is 4230. The fourth-order valence-corrected chi connectivity index (χ4v) is 15.1. The standard InChI is InChI=1S/C62H60ClF4N11O8S/c1-5-62(83)41-20-47-51-39(27-78(47)57(80)40(41)28-84-58(62)81)38(26-74-13-7-6-8-14-74)35-19-46(44(66)21-45(35)70-51)71-60(82)86-32(4)31(3)56(79)75-16-17-77(30(2)24-75)55-36-18-42(63)49(34-10-11-43(65)53-48(34)37(23-68)54(69)87-53)50(67)52(36)72-59(73-55)85-29-61-12-9-15-76(61)25-33(64)22-61/h10-11,18-21,30,32-33,83H,3,5-9,12-17,22,24-29,69H2,1-2,4H3,(H,71,82)/t30?,32?,33-,61?,62?/m1/s1. The molecule has 452 valence electrons. The smallest absolute Gasteiger partial charge is 0.412 e. The first kappa shape index (κ1) is 58.1. The predicted molar refractivity (Wildman–Crippen MR) is 319 cm³/mol. The third-order valence-corrected chi connectivity index (χ3v) is 19.8. The average Bonchev–Trinajstić information content (AvgIpc) is 1.73. The van der Waals surface area contributed by atoms with Gasteiger partial charge in [-0.05, 0) is 101 Å². The van der Waals surface area contributed by atoms with Crippen LogP contribution in [0.15, 0.2) is 53.3 Å². The number of benzene rings is 3. The van der Waals surface area contributed by atoms with Crippen LogP contribution in [-0.4, -0.2) is 134 Å². The molecule has 10 heterocycles. The summed E-state index contributed by atoms with van der Waals surface area (Å²) in [5.41, 5.74) is 5.35. The lowest BCUT2D eigenvalue weighted by atomic mass is 9.86. The number of hydrogen-bond acceptors (Lipinski definition) is 17. The van der Waals surface area contributed by atoms with E-state index < -0.39 is 70.4 Å². The number of piperazine rings is 1. The van der Waals surface area contributed by atoms with E-state index in [1.54, 1.807) is 13.0 Å². The molecule has 4 fully saturated rings. The summed E-state index contributed by atoms with van der Waals surface area (Å²) >= 11 is 7.86. The number of anilines is 3. The van der Waals surface area contributed by atoms with Gasteiger partial charge in [-0.25, -0.2) is 32.1 Å². The van der Waals surface area contributed by atoms with E-state index in [-0.39, 0.29) is 146 Å². The number of alkyl halides is 1. The van der Waals surface area contributed by atoms with Crippen molar-refractivity contribution < 1.29 is 51.3 Å². The number of carbonyl (C=O) groups is 3. The van der Waals surface area contributed by atoms with Gasteiger partial charge in [-0.1, -0.05) is 37.6 Å². The van der Waals surface area contributed by atoms with Crippen LogP contribution in [0, 0.1) is 28.8 Å². The van der Waals surface area contributed by atoms with E-state index in [1.165, 1.54) is 40.7 Å². The highest BCUT2D eigenvalue weighted by molar-refractivity contribution is 7.23. The zero-order valence-electron chi connectivity index (χ0n) is 47.8. The van der Waals surface area contributed by atoms with Crippen molar-refractivity contribution in [3.05, 3.63) is 109 Å². The first-order valence-electron chi connectivity index (χ1n) is 29.1. The summed E-state index contributed by atoms with van der Waals surface area (Å²) in [5, 5.41) is 24.8. The molecular formula is C62H60ClF4N11O8S. The van der Waals surface area contributed by atoms with Crippen molar-refractivity contribution in [2.75, 3.05) is 68.4 Å². The van der Waals surface area contributed by atoms with Gasteiger partial charge in [-0.3, -0.25) is 24.7 Å². The van der Waals surface area contributed by atoms with Crippen molar-refractivity contribution in [2.24, 2.45) is 0 Å². The zero-order chi connectivity index (χ0) is 61.1. The Morgan fingerprint density at radius 1 is 1.02 bits per heavy atom. The molecular weight excluding hydrogens is 1170 g/mol. The Kier molecular flexibility index (Phi) is 14.7. The molecule has 0 spiro atoms. The minimum absolute atomic E-state index is 0.0289. The number of rotatable bonds is 12. The first-order chi connectivity index (χ1) is 41.7. The number of pyridine rings is 2. The number of nitriles is 1. The van der Waals surface area contributed by atoms with Crippen molar-refractivity contribution in [1.29, 1.82) is 5.26 Å². The van der Waals surface area contributed by atoms with Crippen LogP contribution in [0.4, 0.5) is 38.9 Å².